The molecular weight excluding hydrogens is 457 g/mol. The summed E-state index contributed by atoms with van der Waals surface area (Å²) in [4.78, 5) is 42.9. The number of sulfonamides is 1. The molecular formula is C21H24FN3O5S2. The van der Waals surface area contributed by atoms with Crippen LogP contribution >= 0.6 is 11.3 Å². The lowest BCUT2D eigenvalue weighted by Gasteiger charge is -2.23. The summed E-state index contributed by atoms with van der Waals surface area (Å²) >= 11 is 1.42. The number of nitrogens with one attached hydrogen (secondary N) is 2. The van der Waals surface area contributed by atoms with Crippen LogP contribution in [0, 0.1) is 17.7 Å². The number of ketones is 2. The van der Waals surface area contributed by atoms with Crippen molar-refractivity contribution in [2.75, 3.05) is 6.54 Å². The molecule has 2 aromatic rings. The van der Waals surface area contributed by atoms with Crippen LogP contribution in [0.4, 0.5) is 4.39 Å². The highest BCUT2D eigenvalue weighted by Gasteiger charge is 2.34. The lowest BCUT2D eigenvalue weighted by atomic mass is 9.88. The first-order valence-electron chi connectivity index (χ1n) is 10.1. The number of halogens is 1. The number of carbonyl (C=O) groups is 3. The van der Waals surface area contributed by atoms with Crippen molar-refractivity contribution in [3.05, 3.63) is 46.2 Å². The SMILES string of the molecule is CC(C)C(NS(=O)(=O)c1ccc(F)cc1)C(=O)CC1Cc2cnc(s2)CCNC(=O)C1=O. The topological polar surface area (TPSA) is 122 Å². The van der Waals surface area contributed by atoms with Crippen molar-refractivity contribution in [3.63, 3.8) is 0 Å². The molecule has 0 spiro atoms. The van der Waals surface area contributed by atoms with Gasteiger partial charge in [-0.3, -0.25) is 14.4 Å². The van der Waals surface area contributed by atoms with Crippen molar-refractivity contribution < 1.29 is 27.2 Å². The maximum atomic E-state index is 13.2. The average Bonchev–Trinajstić information content (AvgIpc) is 3.17. The normalized spacial score (nSPS) is 18.3. The van der Waals surface area contributed by atoms with E-state index in [2.05, 4.69) is 15.0 Å². The molecule has 11 heteroatoms. The van der Waals surface area contributed by atoms with Crippen LogP contribution < -0.4 is 10.0 Å². The third-order valence-corrected chi connectivity index (χ3v) is 7.67. The summed E-state index contributed by atoms with van der Waals surface area (Å²) in [6.07, 6.45) is 2.03. The number of Topliss-reactive ketones (excluding diaryl/α,β-unsaturated/α-hetero) is 2. The van der Waals surface area contributed by atoms with E-state index in [9.17, 15) is 27.2 Å². The standard InChI is InChI=1S/C21H24FN3O5S2/c1-12(2)19(25-32(29,30)16-5-3-14(22)4-6-16)17(26)10-13-9-15-11-24-18(31-15)7-8-23-21(28)20(13)27/h3-6,11-13,19,25H,7-10H2,1-2H3,(H,23,28). The number of carbonyl (C=O) groups excluding carboxylic acids is 3. The van der Waals surface area contributed by atoms with E-state index in [1.807, 2.05) is 0 Å². The Labute approximate surface area is 189 Å². The highest BCUT2D eigenvalue weighted by atomic mass is 32.2. The monoisotopic (exact) mass is 481 g/mol. The van der Waals surface area contributed by atoms with Gasteiger partial charge in [-0.2, -0.15) is 0 Å². The van der Waals surface area contributed by atoms with Crippen molar-refractivity contribution in [3.8, 4) is 0 Å². The number of rotatable bonds is 7. The number of benzene rings is 1. The van der Waals surface area contributed by atoms with Gasteiger partial charge in [-0.15, -0.1) is 11.3 Å². The van der Waals surface area contributed by atoms with Gasteiger partial charge in [0.1, 0.15) is 5.82 Å². The Balaban J connectivity index is 1.81. The Morgan fingerprint density at radius 2 is 1.97 bits per heavy atom. The number of hydrogen-bond donors (Lipinski definition) is 2. The number of thiazole rings is 1. The largest absolute Gasteiger partial charge is 0.349 e. The third-order valence-electron chi connectivity index (χ3n) is 5.14. The van der Waals surface area contributed by atoms with Gasteiger partial charge in [0.15, 0.2) is 5.78 Å². The number of fused-ring (bicyclic) bond motifs is 2. The molecule has 8 nitrogen and oxygen atoms in total. The van der Waals surface area contributed by atoms with Crippen LogP contribution in [0.15, 0.2) is 35.4 Å². The maximum absolute atomic E-state index is 13.2. The van der Waals surface area contributed by atoms with Gasteiger partial charge in [0.05, 0.1) is 15.9 Å². The highest BCUT2D eigenvalue weighted by molar-refractivity contribution is 7.89. The van der Waals surface area contributed by atoms with Crippen molar-refractivity contribution in [2.24, 2.45) is 11.8 Å². The molecule has 1 amide bonds. The Morgan fingerprint density at radius 3 is 2.62 bits per heavy atom. The first kappa shape index (κ1) is 24.1. The Bertz CT molecular complexity index is 1110. The summed E-state index contributed by atoms with van der Waals surface area (Å²) in [5.41, 5.74) is 0. The molecule has 2 N–H and O–H groups in total. The molecule has 0 radical (unpaired) electrons. The minimum atomic E-state index is -4.10. The molecule has 1 aromatic heterocycles. The first-order chi connectivity index (χ1) is 15.1. The quantitative estimate of drug-likeness (QED) is 0.580. The van der Waals surface area contributed by atoms with Crippen LogP contribution in [0.25, 0.3) is 0 Å². The van der Waals surface area contributed by atoms with Gasteiger partial charge in [0.25, 0.3) is 5.91 Å². The average molecular weight is 482 g/mol. The molecule has 2 bridgehead atoms. The fourth-order valence-corrected chi connectivity index (χ4v) is 5.78. The van der Waals surface area contributed by atoms with Gasteiger partial charge in [-0.1, -0.05) is 13.8 Å². The van der Waals surface area contributed by atoms with Crippen LogP contribution in [0.3, 0.4) is 0 Å². The van der Waals surface area contributed by atoms with E-state index in [0.717, 1.165) is 34.2 Å². The van der Waals surface area contributed by atoms with Crippen LogP contribution in [-0.4, -0.2) is 43.5 Å². The second kappa shape index (κ2) is 9.97. The van der Waals surface area contributed by atoms with Crippen molar-refractivity contribution >= 4 is 38.8 Å². The Hall–Kier alpha value is -2.50. The first-order valence-corrected chi connectivity index (χ1v) is 12.4. The van der Waals surface area contributed by atoms with E-state index >= 15 is 0 Å². The lowest BCUT2D eigenvalue weighted by molar-refractivity contribution is -0.141. The molecule has 0 saturated carbocycles. The van der Waals surface area contributed by atoms with Gasteiger partial charge in [0.2, 0.25) is 15.8 Å². The summed E-state index contributed by atoms with van der Waals surface area (Å²) in [6, 6.07) is 3.13. The molecule has 2 unspecified atom stereocenters. The summed E-state index contributed by atoms with van der Waals surface area (Å²) in [5, 5.41) is 3.37. The van der Waals surface area contributed by atoms with E-state index in [-0.39, 0.29) is 24.3 Å². The predicted octanol–water partition coefficient (Wildman–Crippen LogP) is 1.64. The van der Waals surface area contributed by atoms with E-state index < -0.39 is 51.2 Å². The highest BCUT2D eigenvalue weighted by Crippen LogP contribution is 2.23. The number of aromatic nitrogens is 1. The number of amides is 1. The molecule has 32 heavy (non-hydrogen) atoms. The fourth-order valence-electron chi connectivity index (χ4n) is 3.41. The van der Waals surface area contributed by atoms with E-state index in [0.29, 0.717) is 6.42 Å². The van der Waals surface area contributed by atoms with Crippen LogP contribution in [0.5, 0.6) is 0 Å². The molecule has 0 fully saturated rings. The third kappa shape index (κ3) is 5.84. The van der Waals surface area contributed by atoms with E-state index in [1.165, 1.54) is 11.3 Å². The molecule has 172 valence electrons. The minimum absolute atomic E-state index is 0.172. The molecule has 0 saturated heterocycles. The summed E-state index contributed by atoms with van der Waals surface area (Å²) < 4.78 is 41.0. The number of nitrogens with zero attached hydrogens (tertiary/aromatic N) is 1. The van der Waals surface area contributed by atoms with Crippen molar-refractivity contribution in [1.29, 1.82) is 0 Å². The zero-order chi connectivity index (χ0) is 23.5. The molecule has 2 atom stereocenters. The molecule has 1 aliphatic heterocycles. The van der Waals surface area contributed by atoms with Crippen LogP contribution in [-0.2, 0) is 37.2 Å². The van der Waals surface area contributed by atoms with Crippen molar-refractivity contribution in [2.45, 2.75) is 44.0 Å². The van der Waals surface area contributed by atoms with Gasteiger partial charge in [-0.05, 0) is 36.6 Å². The Kier molecular flexibility index (Phi) is 7.52. The van der Waals surface area contributed by atoms with E-state index in [4.69, 9.17) is 0 Å². The maximum Gasteiger partial charge on any atom is 0.287 e. The summed E-state index contributed by atoms with van der Waals surface area (Å²) in [7, 11) is -4.10. The smallest absolute Gasteiger partial charge is 0.287 e. The Morgan fingerprint density at radius 1 is 1.28 bits per heavy atom. The summed E-state index contributed by atoms with van der Waals surface area (Å²) in [5.74, 6) is -3.90. The minimum Gasteiger partial charge on any atom is -0.349 e. The molecule has 3 rings (SSSR count). The fraction of sp³-hybridized carbons (Fsp3) is 0.429. The van der Waals surface area contributed by atoms with Gasteiger partial charge < -0.3 is 5.32 Å². The second-order valence-electron chi connectivity index (χ2n) is 7.96. The van der Waals surface area contributed by atoms with Gasteiger partial charge in [-0.25, -0.2) is 22.5 Å². The zero-order valence-electron chi connectivity index (χ0n) is 17.6. The van der Waals surface area contributed by atoms with Gasteiger partial charge >= 0.3 is 0 Å². The molecule has 0 aliphatic carbocycles. The lowest BCUT2D eigenvalue weighted by Crippen LogP contribution is -2.46. The van der Waals surface area contributed by atoms with Crippen LogP contribution in [0.2, 0.25) is 0 Å². The van der Waals surface area contributed by atoms with Crippen LogP contribution in [0.1, 0.15) is 30.2 Å². The predicted molar refractivity (Wildman–Crippen MR) is 116 cm³/mol. The second-order valence-corrected chi connectivity index (χ2v) is 10.9. The zero-order valence-corrected chi connectivity index (χ0v) is 19.3. The molecule has 1 aromatic carbocycles. The van der Waals surface area contributed by atoms with E-state index in [1.54, 1.807) is 20.0 Å². The van der Waals surface area contributed by atoms with Crippen molar-refractivity contribution in [1.82, 2.24) is 15.0 Å². The van der Waals surface area contributed by atoms with Gasteiger partial charge in [0, 0.05) is 36.4 Å². The molecule has 2 heterocycles. The molecule has 1 aliphatic rings. The summed E-state index contributed by atoms with van der Waals surface area (Å²) in [6.45, 7) is 3.62. The number of hydrogen-bond acceptors (Lipinski definition) is 7.